The van der Waals surface area contributed by atoms with E-state index in [1.54, 1.807) is 0 Å². The number of ketones is 1. The molecular weight excluding hydrogens is 230 g/mol. The van der Waals surface area contributed by atoms with E-state index < -0.39 is 0 Å². The molecule has 0 aromatic heterocycles. The minimum absolute atomic E-state index is 0.0157. The van der Waals surface area contributed by atoms with E-state index >= 15 is 0 Å². The van der Waals surface area contributed by atoms with Gasteiger partial charge in [0.2, 0.25) is 0 Å². The number of nitrogens with one attached hydrogen (secondary N) is 1. The predicted octanol–water partition coefficient (Wildman–Crippen LogP) is 1.53. The molecule has 2 aliphatic rings. The number of hydrogen-bond donors (Lipinski definition) is 1. The maximum absolute atomic E-state index is 12.4. The van der Waals surface area contributed by atoms with Gasteiger partial charge >= 0.3 is 0 Å². The van der Waals surface area contributed by atoms with Crippen LogP contribution in [-0.4, -0.2) is 42.8 Å². The Morgan fingerprint density at radius 1 is 1.33 bits per heavy atom. The number of carbonyl (C=O) groups excluding carboxylic acids is 1. The fourth-order valence-corrected chi connectivity index (χ4v) is 3.18. The fourth-order valence-electron chi connectivity index (χ4n) is 3.18. The predicted molar refractivity (Wildman–Crippen MR) is 69.6 cm³/mol. The van der Waals surface area contributed by atoms with Crippen molar-refractivity contribution in [1.82, 2.24) is 5.32 Å². The quantitative estimate of drug-likeness (QED) is 0.831. The standard InChI is InChI=1S/C14H25NO3/c1-13(2)8-11(14(3,4)18-13)12(16)7-10-9-15-5-6-17-10/h10-11,15H,5-9H2,1-4H3. The third kappa shape index (κ3) is 3.11. The van der Waals surface area contributed by atoms with Gasteiger partial charge in [-0.25, -0.2) is 0 Å². The van der Waals surface area contributed by atoms with Gasteiger partial charge in [0.05, 0.1) is 23.9 Å². The van der Waals surface area contributed by atoms with Crippen molar-refractivity contribution < 1.29 is 14.3 Å². The molecule has 2 atom stereocenters. The lowest BCUT2D eigenvalue weighted by atomic mass is 9.82. The van der Waals surface area contributed by atoms with E-state index in [0.717, 1.165) is 19.5 Å². The molecule has 2 saturated heterocycles. The SMILES string of the molecule is CC1(C)CC(C(=O)CC2CNCCO2)C(C)(C)O1. The van der Waals surface area contributed by atoms with Crippen LogP contribution in [0.4, 0.5) is 0 Å². The Hall–Kier alpha value is -0.450. The molecule has 2 unspecified atom stereocenters. The van der Waals surface area contributed by atoms with Crippen LogP contribution in [0.15, 0.2) is 0 Å². The van der Waals surface area contributed by atoms with E-state index in [-0.39, 0.29) is 29.0 Å². The molecule has 0 aromatic carbocycles. The van der Waals surface area contributed by atoms with Gasteiger partial charge in [-0.2, -0.15) is 0 Å². The Kier molecular flexibility index (Phi) is 3.81. The Morgan fingerprint density at radius 3 is 2.56 bits per heavy atom. The molecule has 0 aliphatic carbocycles. The lowest BCUT2D eigenvalue weighted by Gasteiger charge is -2.28. The van der Waals surface area contributed by atoms with Crippen molar-refractivity contribution in [3.8, 4) is 0 Å². The van der Waals surface area contributed by atoms with Gasteiger partial charge in [0.1, 0.15) is 5.78 Å². The second-order valence-electron chi connectivity index (χ2n) is 6.59. The zero-order valence-corrected chi connectivity index (χ0v) is 11.9. The Morgan fingerprint density at radius 2 is 2.06 bits per heavy atom. The summed E-state index contributed by atoms with van der Waals surface area (Å²) in [7, 11) is 0. The third-order valence-electron chi connectivity index (χ3n) is 3.90. The lowest BCUT2D eigenvalue weighted by Crippen LogP contribution is -2.42. The van der Waals surface area contributed by atoms with Crippen molar-refractivity contribution in [3.63, 3.8) is 0 Å². The summed E-state index contributed by atoms with van der Waals surface area (Å²) in [5.74, 6) is 0.261. The van der Waals surface area contributed by atoms with E-state index in [1.807, 2.05) is 13.8 Å². The Bertz CT molecular complexity index is 319. The minimum Gasteiger partial charge on any atom is -0.375 e. The molecule has 0 radical (unpaired) electrons. The van der Waals surface area contributed by atoms with Crippen LogP contribution in [0, 0.1) is 5.92 Å². The van der Waals surface area contributed by atoms with Gasteiger partial charge < -0.3 is 14.8 Å². The summed E-state index contributed by atoms with van der Waals surface area (Å²) < 4.78 is 11.6. The van der Waals surface area contributed by atoms with Crippen LogP contribution in [-0.2, 0) is 14.3 Å². The highest BCUT2D eigenvalue weighted by molar-refractivity contribution is 5.83. The zero-order chi connectivity index (χ0) is 13.4. The van der Waals surface area contributed by atoms with Crippen LogP contribution in [0.5, 0.6) is 0 Å². The van der Waals surface area contributed by atoms with E-state index in [0.29, 0.717) is 13.0 Å². The van der Waals surface area contributed by atoms with Crippen molar-refractivity contribution >= 4 is 5.78 Å². The molecule has 2 aliphatic heterocycles. The molecule has 1 N–H and O–H groups in total. The highest BCUT2D eigenvalue weighted by Gasteiger charge is 2.49. The fraction of sp³-hybridized carbons (Fsp3) is 0.929. The molecule has 2 rings (SSSR count). The highest BCUT2D eigenvalue weighted by atomic mass is 16.5. The third-order valence-corrected chi connectivity index (χ3v) is 3.90. The summed E-state index contributed by atoms with van der Waals surface area (Å²) in [4.78, 5) is 12.4. The first-order chi connectivity index (χ1) is 8.30. The molecule has 4 heteroatoms. The topological polar surface area (TPSA) is 47.6 Å². The molecule has 18 heavy (non-hydrogen) atoms. The van der Waals surface area contributed by atoms with Crippen LogP contribution in [0.1, 0.15) is 40.5 Å². The molecule has 0 bridgehead atoms. The summed E-state index contributed by atoms with van der Waals surface area (Å²) in [5.41, 5.74) is -0.557. The Labute approximate surface area is 109 Å². The summed E-state index contributed by atoms with van der Waals surface area (Å²) >= 11 is 0. The van der Waals surface area contributed by atoms with Gasteiger partial charge in [-0.3, -0.25) is 4.79 Å². The normalized spacial score (nSPS) is 34.4. The molecule has 0 saturated carbocycles. The average molecular weight is 255 g/mol. The first-order valence-electron chi connectivity index (χ1n) is 6.85. The first-order valence-corrected chi connectivity index (χ1v) is 6.85. The average Bonchev–Trinajstić information content (AvgIpc) is 2.48. The molecular formula is C14H25NO3. The molecule has 4 nitrogen and oxygen atoms in total. The van der Waals surface area contributed by atoms with Crippen molar-refractivity contribution in [2.45, 2.75) is 57.8 Å². The second-order valence-corrected chi connectivity index (χ2v) is 6.59. The van der Waals surface area contributed by atoms with Crippen LogP contribution in [0.25, 0.3) is 0 Å². The molecule has 2 fully saturated rings. The lowest BCUT2D eigenvalue weighted by molar-refractivity contribution is -0.132. The van der Waals surface area contributed by atoms with Crippen LogP contribution >= 0.6 is 0 Å². The summed E-state index contributed by atoms with van der Waals surface area (Å²) in [6.45, 7) is 10.5. The number of carbonyl (C=O) groups is 1. The van der Waals surface area contributed by atoms with E-state index in [4.69, 9.17) is 9.47 Å². The summed E-state index contributed by atoms with van der Waals surface area (Å²) in [6.07, 6.45) is 1.34. The number of Topliss-reactive ketones (excluding diaryl/α,β-unsaturated/α-hetero) is 1. The monoisotopic (exact) mass is 255 g/mol. The molecule has 2 heterocycles. The smallest absolute Gasteiger partial charge is 0.141 e. The minimum atomic E-state index is -0.358. The number of ether oxygens (including phenoxy) is 2. The highest BCUT2D eigenvalue weighted by Crippen LogP contribution is 2.42. The summed E-state index contributed by atoms with van der Waals surface area (Å²) in [6, 6.07) is 0. The van der Waals surface area contributed by atoms with Crippen LogP contribution in [0.2, 0.25) is 0 Å². The molecule has 0 aromatic rings. The van der Waals surface area contributed by atoms with E-state index in [2.05, 4.69) is 19.2 Å². The van der Waals surface area contributed by atoms with Crippen LogP contribution in [0.3, 0.4) is 0 Å². The molecule has 0 spiro atoms. The number of rotatable bonds is 3. The second kappa shape index (κ2) is 4.91. The van der Waals surface area contributed by atoms with Crippen molar-refractivity contribution in [1.29, 1.82) is 0 Å². The number of hydrogen-bond acceptors (Lipinski definition) is 4. The largest absolute Gasteiger partial charge is 0.375 e. The van der Waals surface area contributed by atoms with Gasteiger partial charge in [-0.1, -0.05) is 0 Å². The molecule has 0 amide bonds. The number of morpholine rings is 1. The van der Waals surface area contributed by atoms with E-state index in [9.17, 15) is 4.79 Å². The van der Waals surface area contributed by atoms with Crippen molar-refractivity contribution in [2.24, 2.45) is 5.92 Å². The maximum atomic E-state index is 12.4. The van der Waals surface area contributed by atoms with Crippen molar-refractivity contribution in [3.05, 3.63) is 0 Å². The molecule has 104 valence electrons. The Balaban J connectivity index is 1.96. The van der Waals surface area contributed by atoms with Gasteiger partial charge in [0.15, 0.2) is 0 Å². The van der Waals surface area contributed by atoms with Crippen molar-refractivity contribution in [2.75, 3.05) is 19.7 Å². The summed E-state index contributed by atoms with van der Waals surface area (Å²) in [5, 5.41) is 3.26. The maximum Gasteiger partial charge on any atom is 0.141 e. The van der Waals surface area contributed by atoms with Crippen LogP contribution < -0.4 is 5.32 Å². The first kappa shape index (κ1) is 14.0. The van der Waals surface area contributed by atoms with Gasteiger partial charge in [-0.05, 0) is 34.1 Å². The van der Waals surface area contributed by atoms with Gasteiger partial charge in [0.25, 0.3) is 0 Å². The van der Waals surface area contributed by atoms with Gasteiger partial charge in [-0.15, -0.1) is 0 Å². The van der Waals surface area contributed by atoms with Gasteiger partial charge in [0, 0.05) is 25.4 Å². The van der Waals surface area contributed by atoms with E-state index in [1.165, 1.54) is 0 Å². The zero-order valence-electron chi connectivity index (χ0n) is 11.9.